The molecule has 38 heavy (non-hydrogen) atoms. The van der Waals surface area contributed by atoms with Crippen LogP contribution in [0, 0.1) is 5.82 Å². The highest BCUT2D eigenvalue weighted by molar-refractivity contribution is 8.18. The quantitative estimate of drug-likeness (QED) is 0.497. The fourth-order valence-corrected chi connectivity index (χ4v) is 4.95. The van der Waals surface area contributed by atoms with Gasteiger partial charge in [0.25, 0.3) is 17.1 Å². The van der Waals surface area contributed by atoms with Crippen molar-refractivity contribution in [3.63, 3.8) is 0 Å². The number of hydrogen-bond acceptors (Lipinski definition) is 7. The van der Waals surface area contributed by atoms with Gasteiger partial charge < -0.3 is 19.7 Å². The first kappa shape index (κ1) is 27.2. The van der Waals surface area contributed by atoms with Gasteiger partial charge in [-0.25, -0.2) is 4.39 Å². The lowest BCUT2D eigenvalue weighted by Crippen LogP contribution is -2.42. The maximum absolute atomic E-state index is 13.0. The number of thioether (sulfide) groups is 1. The third-order valence-electron chi connectivity index (χ3n) is 6.10. The Morgan fingerprint density at radius 1 is 1.03 bits per heavy atom. The van der Waals surface area contributed by atoms with Gasteiger partial charge >= 0.3 is 0 Å². The van der Waals surface area contributed by atoms with E-state index in [1.165, 1.54) is 31.4 Å². The highest BCUT2D eigenvalue weighted by Gasteiger charge is 2.37. The first-order valence-electron chi connectivity index (χ1n) is 12.2. The zero-order valence-corrected chi connectivity index (χ0v) is 21.7. The van der Waals surface area contributed by atoms with Gasteiger partial charge in [-0.1, -0.05) is 18.9 Å². The van der Waals surface area contributed by atoms with Crippen LogP contribution in [0.1, 0.15) is 31.2 Å². The minimum absolute atomic E-state index is 0.202. The molecule has 1 N–H and O–H groups in total. The summed E-state index contributed by atoms with van der Waals surface area (Å²) in [5, 5.41) is 2.12. The fourth-order valence-electron chi connectivity index (χ4n) is 4.11. The highest BCUT2D eigenvalue weighted by Crippen LogP contribution is 2.34. The molecule has 2 aliphatic rings. The number of nitrogens with one attached hydrogen (secondary N) is 1. The molecule has 0 radical (unpaired) electrons. The number of hydrogen-bond donors (Lipinski definition) is 1. The number of likely N-dealkylation sites (tertiary alicyclic amines) is 1. The molecular weight excluding hydrogens is 513 g/mol. The van der Waals surface area contributed by atoms with E-state index < -0.39 is 22.9 Å². The summed E-state index contributed by atoms with van der Waals surface area (Å²) in [5.74, 6) is -0.956. The number of carbonyl (C=O) groups is 4. The first-order chi connectivity index (χ1) is 18.3. The molecule has 0 unspecified atom stereocenters. The van der Waals surface area contributed by atoms with E-state index in [1.807, 2.05) is 0 Å². The lowest BCUT2D eigenvalue weighted by molar-refractivity contribution is -0.135. The van der Waals surface area contributed by atoms with Crippen molar-refractivity contribution in [3.05, 3.63) is 58.8 Å². The number of carbonyl (C=O) groups excluding carboxylic acids is 4. The fraction of sp³-hybridized carbons (Fsp3) is 0.333. The van der Waals surface area contributed by atoms with Crippen LogP contribution in [0.4, 0.5) is 14.9 Å². The zero-order valence-electron chi connectivity index (χ0n) is 20.9. The van der Waals surface area contributed by atoms with Gasteiger partial charge in [0.15, 0.2) is 18.1 Å². The average Bonchev–Trinajstić information content (AvgIpc) is 3.09. The smallest absolute Gasteiger partial charge is 0.294 e. The van der Waals surface area contributed by atoms with E-state index in [9.17, 15) is 23.6 Å². The molecule has 4 rings (SSSR count). The first-order valence-corrected chi connectivity index (χ1v) is 13.0. The standard InChI is InChI=1S/C27H28FN3O6S/c1-36-22-14-18(6-11-21(22)37-17-24(32)29-20-9-7-19(28)8-10-20)15-23-26(34)31(27(35)38-23)16-25(33)30-12-4-2-3-5-13-30/h6-11,14-15H,2-5,12-13,16-17H2,1H3,(H,29,32). The number of ether oxygens (including phenoxy) is 2. The van der Waals surface area contributed by atoms with E-state index in [1.54, 1.807) is 29.2 Å². The van der Waals surface area contributed by atoms with E-state index in [4.69, 9.17) is 9.47 Å². The number of rotatable bonds is 8. The van der Waals surface area contributed by atoms with Gasteiger partial charge in [-0.2, -0.15) is 0 Å². The summed E-state index contributed by atoms with van der Waals surface area (Å²) in [4.78, 5) is 53.2. The second-order valence-corrected chi connectivity index (χ2v) is 9.81. The molecule has 2 heterocycles. The van der Waals surface area contributed by atoms with Crippen LogP contribution >= 0.6 is 11.8 Å². The number of halogens is 1. The average molecular weight is 542 g/mol. The van der Waals surface area contributed by atoms with E-state index in [0.717, 1.165) is 42.3 Å². The van der Waals surface area contributed by atoms with Crippen molar-refractivity contribution >= 4 is 46.5 Å². The maximum atomic E-state index is 13.0. The summed E-state index contributed by atoms with van der Waals surface area (Å²) in [6.45, 7) is 0.717. The molecule has 0 atom stereocenters. The Morgan fingerprint density at radius 3 is 2.42 bits per heavy atom. The molecule has 0 spiro atoms. The predicted octanol–water partition coefficient (Wildman–Crippen LogP) is 4.29. The van der Waals surface area contributed by atoms with E-state index in [-0.39, 0.29) is 24.0 Å². The van der Waals surface area contributed by atoms with Crippen molar-refractivity contribution in [2.75, 3.05) is 38.7 Å². The van der Waals surface area contributed by atoms with Crippen LogP contribution in [0.5, 0.6) is 11.5 Å². The van der Waals surface area contributed by atoms with Crippen LogP contribution in [0.2, 0.25) is 0 Å². The molecule has 4 amide bonds. The van der Waals surface area contributed by atoms with Crippen molar-refractivity contribution in [3.8, 4) is 11.5 Å². The van der Waals surface area contributed by atoms with Crippen LogP contribution in [-0.2, 0) is 14.4 Å². The zero-order chi connectivity index (χ0) is 27.1. The molecule has 2 fully saturated rings. The van der Waals surface area contributed by atoms with Crippen molar-refractivity contribution in [1.82, 2.24) is 9.80 Å². The van der Waals surface area contributed by atoms with Gasteiger partial charge in [-0.05, 0) is 72.6 Å². The number of imide groups is 1. The summed E-state index contributed by atoms with van der Waals surface area (Å²) in [7, 11) is 1.44. The highest BCUT2D eigenvalue weighted by atomic mass is 32.2. The maximum Gasteiger partial charge on any atom is 0.294 e. The Morgan fingerprint density at radius 2 is 1.74 bits per heavy atom. The van der Waals surface area contributed by atoms with Crippen LogP contribution in [-0.4, -0.2) is 66.1 Å². The third-order valence-corrected chi connectivity index (χ3v) is 7.01. The number of anilines is 1. The van der Waals surface area contributed by atoms with Crippen LogP contribution in [0.15, 0.2) is 47.4 Å². The SMILES string of the molecule is COc1cc(C=C2SC(=O)N(CC(=O)N3CCCCCC3)C2=O)ccc1OCC(=O)Nc1ccc(F)cc1. The lowest BCUT2D eigenvalue weighted by Gasteiger charge is -2.22. The molecule has 2 aliphatic heterocycles. The second kappa shape index (κ2) is 12.6. The van der Waals surface area contributed by atoms with E-state index in [2.05, 4.69) is 5.32 Å². The van der Waals surface area contributed by atoms with Crippen molar-refractivity contribution in [2.45, 2.75) is 25.7 Å². The Hall–Kier alpha value is -3.86. The van der Waals surface area contributed by atoms with Crippen molar-refractivity contribution in [1.29, 1.82) is 0 Å². The van der Waals surface area contributed by atoms with Crippen LogP contribution in [0.3, 0.4) is 0 Å². The molecular formula is C27H28FN3O6S. The van der Waals surface area contributed by atoms with Crippen LogP contribution < -0.4 is 14.8 Å². The summed E-state index contributed by atoms with van der Waals surface area (Å²) in [6.07, 6.45) is 5.55. The molecule has 200 valence electrons. The number of methoxy groups -OCH3 is 1. The molecule has 2 saturated heterocycles. The minimum Gasteiger partial charge on any atom is -0.493 e. The number of benzene rings is 2. The van der Waals surface area contributed by atoms with Crippen molar-refractivity contribution < 1.29 is 33.0 Å². The predicted molar refractivity (Wildman–Crippen MR) is 141 cm³/mol. The van der Waals surface area contributed by atoms with E-state index >= 15 is 0 Å². The Kier molecular flexibility index (Phi) is 9.01. The summed E-state index contributed by atoms with van der Waals surface area (Å²) < 4.78 is 24.0. The molecule has 9 nitrogen and oxygen atoms in total. The van der Waals surface area contributed by atoms with Gasteiger partial charge in [0.2, 0.25) is 5.91 Å². The lowest BCUT2D eigenvalue weighted by atomic mass is 10.2. The molecule has 2 aromatic rings. The second-order valence-electron chi connectivity index (χ2n) is 8.82. The summed E-state index contributed by atoms with van der Waals surface area (Å²) >= 11 is 0.782. The largest absolute Gasteiger partial charge is 0.493 e. The molecule has 0 saturated carbocycles. The number of nitrogens with zero attached hydrogens (tertiary/aromatic N) is 2. The molecule has 2 aromatic carbocycles. The van der Waals surface area contributed by atoms with Gasteiger partial charge in [-0.15, -0.1) is 0 Å². The Balaban J connectivity index is 1.37. The number of amides is 4. The molecule has 11 heteroatoms. The van der Waals surface area contributed by atoms with Crippen molar-refractivity contribution in [2.24, 2.45) is 0 Å². The molecule has 0 aliphatic carbocycles. The Bertz CT molecular complexity index is 1240. The third kappa shape index (κ3) is 6.91. The van der Waals surface area contributed by atoms with Gasteiger partial charge in [0, 0.05) is 18.8 Å². The van der Waals surface area contributed by atoms with E-state index in [0.29, 0.717) is 35.8 Å². The molecule has 0 aromatic heterocycles. The minimum atomic E-state index is -0.514. The molecule has 0 bridgehead atoms. The van der Waals surface area contributed by atoms with Crippen LogP contribution in [0.25, 0.3) is 6.08 Å². The topological polar surface area (TPSA) is 105 Å². The summed E-state index contributed by atoms with van der Waals surface area (Å²) in [6, 6.07) is 10.2. The monoisotopic (exact) mass is 541 g/mol. The van der Waals surface area contributed by atoms with Gasteiger partial charge in [0.05, 0.1) is 12.0 Å². The van der Waals surface area contributed by atoms with Gasteiger partial charge in [-0.3, -0.25) is 24.1 Å². The summed E-state index contributed by atoms with van der Waals surface area (Å²) in [5.41, 5.74) is 1.01. The normalized spacial score (nSPS) is 16.9. The Labute approximate surface area is 223 Å². The van der Waals surface area contributed by atoms with Gasteiger partial charge in [0.1, 0.15) is 12.4 Å².